The molecule has 0 spiro atoms. The van der Waals surface area contributed by atoms with Crippen LogP contribution in [0.15, 0.2) is 36.9 Å². The van der Waals surface area contributed by atoms with E-state index in [0.29, 0.717) is 6.61 Å². The van der Waals surface area contributed by atoms with Crippen LogP contribution in [0.2, 0.25) is 0 Å². The van der Waals surface area contributed by atoms with Crippen LogP contribution in [0, 0.1) is 0 Å². The van der Waals surface area contributed by atoms with E-state index in [0.717, 1.165) is 30.8 Å². The zero-order valence-electron chi connectivity index (χ0n) is 13.7. The second-order valence-electron chi connectivity index (χ2n) is 5.18. The summed E-state index contributed by atoms with van der Waals surface area (Å²) in [5, 5.41) is 8.09. The molecule has 1 aromatic carbocycles. The minimum absolute atomic E-state index is 0.520. The molecule has 22 heavy (non-hydrogen) atoms. The van der Waals surface area contributed by atoms with E-state index in [4.69, 9.17) is 4.74 Å². The van der Waals surface area contributed by atoms with Gasteiger partial charge in [-0.05, 0) is 25.0 Å². The van der Waals surface area contributed by atoms with Crippen LogP contribution < -0.4 is 10.1 Å². The molecule has 2 aromatic rings. The Labute approximate surface area is 132 Å². The summed E-state index contributed by atoms with van der Waals surface area (Å²) in [5.41, 5.74) is 4.83. The minimum Gasteiger partial charge on any atom is -0.489 e. The number of anilines is 1. The first kappa shape index (κ1) is 16.1. The summed E-state index contributed by atoms with van der Waals surface area (Å²) in [6.45, 7) is 9.29. The lowest BCUT2D eigenvalue weighted by Gasteiger charge is -2.10. The summed E-state index contributed by atoms with van der Waals surface area (Å²) in [6.07, 6.45) is 3.69. The smallest absolute Gasteiger partial charge is 0.121 e. The molecule has 0 amide bonds. The molecule has 1 aromatic heterocycles. The molecule has 0 radical (unpaired) electrons. The highest BCUT2D eigenvalue weighted by Crippen LogP contribution is 2.21. The van der Waals surface area contributed by atoms with Crippen LogP contribution in [0.5, 0.6) is 5.75 Å². The molecule has 0 aliphatic carbocycles. The summed E-state index contributed by atoms with van der Waals surface area (Å²) < 4.78 is 7.57. The third-order valence-corrected chi connectivity index (χ3v) is 3.70. The molecule has 0 saturated carbocycles. The van der Waals surface area contributed by atoms with Gasteiger partial charge in [0.2, 0.25) is 0 Å². The number of benzene rings is 1. The predicted molar refractivity (Wildman–Crippen MR) is 91.4 cm³/mol. The van der Waals surface area contributed by atoms with Crippen LogP contribution in [-0.4, -0.2) is 16.4 Å². The number of nitrogens with zero attached hydrogens (tertiary/aromatic N) is 2. The molecule has 0 fully saturated rings. The molecule has 2 rings (SSSR count). The van der Waals surface area contributed by atoms with Gasteiger partial charge in [-0.1, -0.05) is 32.6 Å². The lowest BCUT2D eigenvalue weighted by molar-refractivity contribution is 0.363. The number of hydrogen-bond acceptors (Lipinski definition) is 3. The van der Waals surface area contributed by atoms with E-state index in [2.05, 4.69) is 30.8 Å². The molecule has 4 nitrogen and oxygen atoms in total. The Morgan fingerprint density at radius 1 is 1.32 bits per heavy atom. The zero-order chi connectivity index (χ0) is 15.9. The molecule has 0 aliphatic heterocycles. The number of nitrogens with one attached hydrogen (secondary N) is 1. The van der Waals surface area contributed by atoms with E-state index in [1.54, 1.807) is 6.08 Å². The Morgan fingerprint density at radius 3 is 2.82 bits per heavy atom. The maximum absolute atomic E-state index is 5.57. The number of aryl methyl sites for hydroxylation is 2. The van der Waals surface area contributed by atoms with Crippen molar-refractivity contribution in [2.45, 2.75) is 33.2 Å². The van der Waals surface area contributed by atoms with Crippen molar-refractivity contribution in [1.82, 2.24) is 9.78 Å². The molecule has 1 N–H and O–H groups in total. The summed E-state index contributed by atoms with van der Waals surface area (Å²) in [5.74, 6) is 0.850. The van der Waals surface area contributed by atoms with Gasteiger partial charge in [0.15, 0.2) is 0 Å². The van der Waals surface area contributed by atoms with E-state index in [-0.39, 0.29) is 0 Å². The standard InChI is InChI=1S/C18H25N3O/c1-5-11-22-15-10-8-9-14(12-15)19-13-16-17(6-2)20-21(4)18(16)7-3/h5,8-10,12,19H,1,6-7,11,13H2,2-4H3. The van der Waals surface area contributed by atoms with Crippen LogP contribution in [-0.2, 0) is 26.4 Å². The lowest BCUT2D eigenvalue weighted by Crippen LogP contribution is -2.05. The maximum atomic E-state index is 5.57. The van der Waals surface area contributed by atoms with E-state index in [1.165, 1.54) is 17.0 Å². The second-order valence-corrected chi connectivity index (χ2v) is 5.18. The Morgan fingerprint density at radius 2 is 2.14 bits per heavy atom. The van der Waals surface area contributed by atoms with Gasteiger partial charge in [0.25, 0.3) is 0 Å². The van der Waals surface area contributed by atoms with E-state index < -0.39 is 0 Å². The van der Waals surface area contributed by atoms with Gasteiger partial charge < -0.3 is 10.1 Å². The van der Waals surface area contributed by atoms with Gasteiger partial charge in [-0.2, -0.15) is 5.10 Å². The fourth-order valence-electron chi connectivity index (χ4n) is 2.64. The first-order valence-corrected chi connectivity index (χ1v) is 7.80. The first-order chi connectivity index (χ1) is 10.7. The van der Waals surface area contributed by atoms with Crippen molar-refractivity contribution in [2.75, 3.05) is 11.9 Å². The van der Waals surface area contributed by atoms with Crippen LogP contribution in [0.3, 0.4) is 0 Å². The normalized spacial score (nSPS) is 10.5. The summed E-state index contributed by atoms with van der Waals surface area (Å²) >= 11 is 0. The minimum atomic E-state index is 0.520. The molecular weight excluding hydrogens is 274 g/mol. The SMILES string of the molecule is C=CCOc1cccc(NCc2c(CC)nn(C)c2CC)c1. The third-order valence-electron chi connectivity index (χ3n) is 3.70. The quantitative estimate of drug-likeness (QED) is 0.755. The topological polar surface area (TPSA) is 39.1 Å². The molecule has 0 saturated heterocycles. The van der Waals surface area contributed by atoms with Crippen molar-refractivity contribution >= 4 is 5.69 Å². The van der Waals surface area contributed by atoms with Crippen molar-refractivity contribution in [3.8, 4) is 5.75 Å². The predicted octanol–water partition coefficient (Wildman–Crippen LogP) is 3.72. The first-order valence-electron chi connectivity index (χ1n) is 7.80. The Balaban J connectivity index is 2.11. The number of rotatable bonds is 8. The van der Waals surface area contributed by atoms with E-state index in [1.807, 2.05) is 36.0 Å². The van der Waals surface area contributed by atoms with Gasteiger partial charge in [-0.15, -0.1) is 0 Å². The van der Waals surface area contributed by atoms with Crippen molar-refractivity contribution in [3.63, 3.8) is 0 Å². The molecule has 1 heterocycles. The van der Waals surface area contributed by atoms with Gasteiger partial charge in [0.1, 0.15) is 12.4 Å². The fraction of sp³-hybridized carbons (Fsp3) is 0.389. The van der Waals surface area contributed by atoms with Gasteiger partial charge in [0, 0.05) is 36.6 Å². The summed E-state index contributed by atoms with van der Waals surface area (Å²) in [4.78, 5) is 0. The monoisotopic (exact) mass is 299 g/mol. The van der Waals surface area contributed by atoms with Gasteiger partial charge in [-0.25, -0.2) is 0 Å². The Hall–Kier alpha value is -2.23. The van der Waals surface area contributed by atoms with Crippen molar-refractivity contribution in [2.24, 2.45) is 7.05 Å². The summed E-state index contributed by atoms with van der Waals surface area (Å²) in [6, 6.07) is 8.00. The average Bonchev–Trinajstić information content (AvgIpc) is 2.86. The highest BCUT2D eigenvalue weighted by atomic mass is 16.5. The highest BCUT2D eigenvalue weighted by Gasteiger charge is 2.13. The second kappa shape index (κ2) is 7.69. The van der Waals surface area contributed by atoms with Gasteiger partial charge in [0.05, 0.1) is 5.69 Å². The van der Waals surface area contributed by atoms with Crippen molar-refractivity contribution < 1.29 is 4.74 Å². The largest absolute Gasteiger partial charge is 0.489 e. The van der Waals surface area contributed by atoms with Crippen molar-refractivity contribution in [1.29, 1.82) is 0 Å². The molecule has 0 unspecified atom stereocenters. The molecule has 0 aliphatic rings. The van der Waals surface area contributed by atoms with Crippen LogP contribution in [0.1, 0.15) is 30.8 Å². The maximum Gasteiger partial charge on any atom is 0.121 e. The molecular formula is C18H25N3O. The van der Waals surface area contributed by atoms with Gasteiger partial charge in [-0.3, -0.25) is 4.68 Å². The van der Waals surface area contributed by atoms with E-state index >= 15 is 0 Å². The molecule has 118 valence electrons. The van der Waals surface area contributed by atoms with E-state index in [9.17, 15) is 0 Å². The Bertz CT molecular complexity index is 631. The number of hydrogen-bond donors (Lipinski definition) is 1. The van der Waals surface area contributed by atoms with Crippen LogP contribution in [0.25, 0.3) is 0 Å². The fourth-order valence-corrected chi connectivity index (χ4v) is 2.64. The van der Waals surface area contributed by atoms with Crippen LogP contribution in [0.4, 0.5) is 5.69 Å². The van der Waals surface area contributed by atoms with Gasteiger partial charge >= 0.3 is 0 Å². The Kier molecular flexibility index (Phi) is 5.64. The summed E-state index contributed by atoms with van der Waals surface area (Å²) in [7, 11) is 2.02. The number of ether oxygens (including phenoxy) is 1. The third kappa shape index (κ3) is 3.70. The molecule has 0 bridgehead atoms. The molecule has 0 atom stereocenters. The highest BCUT2D eigenvalue weighted by molar-refractivity contribution is 5.49. The van der Waals surface area contributed by atoms with Crippen molar-refractivity contribution in [3.05, 3.63) is 53.9 Å². The molecule has 4 heteroatoms. The average molecular weight is 299 g/mol. The number of aromatic nitrogens is 2. The lowest BCUT2D eigenvalue weighted by atomic mass is 10.1. The zero-order valence-corrected chi connectivity index (χ0v) is 13.7. The van der Waals surface area contributed by atoms with Crippen LogP contribution >= 0.6 is 0 Å².